The van der Waals surface area contributed by atoms with Gasteiger partial charge in [-0.25, -0.2) is 15.3 Å². The molecule has 1 fully saturated rings. The van der Waals surface area contributed by atoms with Crippen molar-refractivity contribution in [2.75, 3.05) is 13.1 Å². The van der Waals surface area contributed by atoms with Crippen molar-refractivity contribution in [3.63, 3.8) is 0 Å². The third kappa shape index (κ3) is 2.10. The zero-order chi connectivity index (χ0) is 11.6. The lowest BCUT2D eigenvalue weighted by molar-refractivity contribution is -1.03. The van der Waals surface area contributed by atoms with Gasteiger partial charge in [-0.1, -0.05) is 35.0 Å². The number of nitrogens with one attached hydrogen (secondary N) is 1. The Bertz CT molecular complexity index is 418. The van der Waals surface area contributed by atoms with Crippen molar-refractivity contribution in [1.29, 1.82) is 0 Å². The lowest BCUT2D eigenvalue weighted by Crippen LogP contribution is -2.48. The predicted molar refractivity (Wildman–Crippen MR) is 55.5 cm³/mol. The molecule has 1 aromatic rings. The molecule has 1 aliphatic rings. The minimum atomic E-state index is -0.840. The summed E-state index contributed by atoms with van der Waals surface area (Å²) in [6.07, 6.45) is 0.554. The molecule has 0 spiro atoms. The van der Waals surface area contributed by atoms with Crippen LogP contribution in [0.2, 0.25) is 0 Å². The standard InChI is InChI=1S/C11H12N2O3/c14-10-8-13(16,11(15)12-10)7-6-9-4-2-1-3-5-9/h1-5,16H,6-8H2/p+1/t13-/m1/s1. The van der Waals surface area contributed by atoms with Gasteiger partial charge in [-0.3, -0.25) is 4.79 Å². The Morgan fingerprint density at radius 2 is 1.94 bits per heavy atom. The van der Waals surface area contributed by atoms with Crippen molar-refractivity contribution in [2.45, 2.75) is 6.42 Å². The zero-order valence-corrected chi connectivity index (χ0v) is 8.72. The molecule has 0 aromatic heterocycles. The summed E-state index contributed by atoms with van der Waals surface area (Å²) in [7, 11) is 0. The average molecular weight is 221 g/mol. The number of benzene rings is 1. The number of hydroxylamine groups is 3. The van der Waals surface area contributed by atoms with Crippen LogP contribution in [0, 0.1) is 0 Å². The molecule has 0 bridgehead atoms. The molecule has 5 heteroatoms. The third-order valence-electron chi connectivity index (χ3n) is 2.64. The maximum Gasteiger partial charge on any atom is 0.456 e. The highest BCUT2D eigenvalue weighted by atomic mass is 16.6. The van der Waals surface area contributed by atoms with Gasteiger partial charge in [0.25, 0.3) is 5.91 Å². The van der Waals surface area contributed by atoms with Crippen LogP contribution in [0.25, 0.3) is 0 Å². The molecule has 16 heavy (non-hydrogen) atoms. The van der Waals surface area contributed by atoms with E-state index in [4.69, 9.17) is 0 Å². The van der Waals surface area contributed by atoms with Crippen molar-refractivity contribution in [1.82, 2.24) is 5.32 Å². The van der Waals surface area contributed by atoms with Crippen LogP contribution in [0.1, 0.15) is 5.56 Å². The maximum absolute atomic E-state index is 11.3. The first-order valence-corrected chi connectivity index (χ1v) is 5.08. The lowest BCUT2D eigenvalue weighted by Gasteiger charge is -2.18. The molecule has 0 radical (unpaired) electrons. The highest BCUT2D eigenvalue weighted by Crippen LogP contribution is 2.11. The van der Waals surface area contributed by atoms with Crippen LogP contribution in [-0.4, -0.2) is 34.9 Å². The van der Waals surface area contributed by atoms with Gasteiger partial charge in [0.1, 0.15) is 6.54 Å². The Morgan fingerprint density at radius 1 is 1.25 bits per heavy atom. The van der Waals surface area contributed by atoms with Gasteiger partial charge in [-0.15, -0.1) is 0 Å². The fourth-order valence-electron chi connectivity index (χ4n) is 1.71. The molecule has 0 unspecified atom stereocenters. The van der Waals surface area contributed by atoms with Crippen LogP contribution in [0.4, 0.5) is 4.79 Å². The predicted octanol–water partition coefficient (Wildman–Crippen LogP) is 0.685. The summed E-state index contributed by atoms with van der Waals surface area (Å²) in [5.74, 6) is -0.430. The first kappa shape index (κ1) is 10.8. The summed E-state index contributed by atoms with van der Waals surface area (Å²) < 4.78 is -0.840. The van der Waals surface area contributed by atoms with Crippen molar-refractivity contribution in [3.8, 4) is 0 Å². The van der Waals surface area contributed by atoms with E-state index < -0.39 is 16.6 Å². The lowest BCUT2D eigenvalue weighted by atomic mass is 10.1. The van der Waals surface area contributed by atoms with Crippen LogP contribution in [0.5, 0.6) is 0 Å². The molecular formula is C11H13N2O3+. The average Bonchev–Trinajstić information content (AvgIpc) is 2.52. The quantitative estimate of drug-likeness (QED) is 0.448. The summed E-state index contributed by atoms with van der Waals surface area (Å²) in [5, 5.41) is 12.0. The van der Waals surface area contributed by atoms with Gasteiger partial charge in [0.15, 0.2) is 6.54 Å². The van der Waals surface area contributed by atoms with Crippen LogP contribution in [-0.2, 0) is 11.2 Å². The van der Waals surface area contributed by atoms with Gasteiger partial charge in [-0.05, 0) is 5.56 Å². The number of carbonyl (C=O) groups is 2. The second kappa shape index (κ2) is 4.03. The molecule has 1 heterocycles. The Labute approximate surface area is 92.8 Å². The highest BCUT2D eigenvalue weighted by molar-refractivity contribution is 5.96. The summed E-state index contributed by atoms with van der Waals surface area (Å²) >= 11 is 0. The summed E-state index contributed by atoms with van der Waals surface area (Å²) in [5.41, 5.74) is 1.03. The molecule has 1 aliphatic heterocycles. The molecule has 1 atom stereocenters. The number of carbonyl (C=O) groups excluding carboxylic acids is 2. The Hall–Kier alpha value is -1.72. The van der Waals surface area contributed by atoms with E-state index in [1.807, 2.05) is 30.3 Å². The molecule has 2 N–H and O–H groups in total. The van der Waals surface area contributed by atoms with E-state index in [0.717, 1.165) is 5.56 Å². The zero-order valence-electron chi connectivity index (χ0n) is 8.72. The van der Waals surface area contributed by atoms with E-state index in [-0.39, 0.29) is 13.1 Å². The van der Waals surface area contributed by atoms with E-state index in [0.29, 0.717) is 6.42 Å². The number of hydrogen-bond acceptors (Lipinski definition) is 3. The van der Waals surface area contributed by atoms with Crippen molar-refractivity contribution in [3.05, 3.63) is 35.9 Å². The number of quaternary nitrogens is 1. The Kier molecular flexibility index (Phi) is 2.72. The van der Waals surface area contributed by atoms with Gasteiger partial charge in [0.2, 0.25) is 0 Å². The second-order valence-corrected chi connectivity index (χ2v) is 3.89. The molecule has 1 aromatic carbocycles. The molecule has 0 aliphatic carbocycles. The fraction of sp³-hybridized carbons (Fsp3) is 0.273. The van der Waals surface area contributed by atoms with E-state index in [9.17, 15) is 14.8 Å². The topological polar surface area (TPSA) is 66.4 Å². The summed E-state index contributed by atoms with van der Waals surface area (Å²) in [6, 6.07) is 8.89. The smallest absolute Gasteiger partial charge is 0.268 e. The molecule has 3 amide bonds. The first-order chi connectivity index (χ1) is 7.60. The fourth-order valence-corrected chi connectivity index (χ4v) is 1.71. The van der Waals surface area contributed by atoms with Gasteiger partial charge in [0.05, 0.1) is 0 Å². The number of rotatable bonds is 3. The van der Waals surface area contributed by atoms with Crippen molar-refractivity contribution >= 4 is 11.9 Å². The van der Waals surface area contributed by atoms with Crippen LogP contribution < -0.4 is 5.32 Å². The van der Waals surface area contributed by atoms with Gasteiger partial charge >= 0.3 is 6.03 Å². The normalized spacial score (nSPS) is 24.6. The molecule has 84 valence electrons. The van der Waals surface area contributed by atoms with E-state index in [1.165, 1.54) is 0 Å². The number of urea groups is 1. The Morgan fingerprint density at radius 3 is 2.50 bits per heavy atom. The van der Waals surface area contributed by atoms with Crippen molar-refractivity contribution in [2.24, 2.45) is 0 Å². The van der Waals surface area contributed by atoms with Crippen molar-refractivity contribution < 1.29 is 19.4 Å². The van der Waals surface area contributed by atoms with Crippen LogP contribution in [0.3, 0.4) is 0 Å². The monoisotopic (exact) mass is 221 g/mol. The number of amides is 3. The maximum atomic E-state index is 11.3. The van der Waals surface area contributed by atoms with E-state index >= 15 is 0 Å². The van der Waals surface area contributed by atoms with Gasteiger partial charge in [0, 0.05) is 6.42 Å². The minimum absolute atomic E-state index is 0.189. The number of hydrogen-bond donors (Lipinski definition) is 2. The number of nitrogens with zero attached hydrogens (tertiary/aromatic N) is 1. The molecule has 5 nitrogen and oxygen atoms in total. The molecule has 0 saturated carbocycles. The van der Waals surface area contributed by atoms with Gasteiger partial charge < -0.3 is 0 Å². The summed E-state index contributed by atoms with van der Waals surface area (Å²) in [4.78, 5) is 22.3. The largest absolute Gasteiger partial charge is 0.456 e. The van der Waals surface area contributed by atoms with Gasteiger partial charge in [-0.2, -0.15) is 0 Å². The minimum Gasteiger partial charge on any atom is -0.268 e. The molecular weight excluding hydrogens is 208 g/mol. The van der Waals surface area contributed by atoms with Crippen LogP contribution in [0.15, 0.2) is 30.3 Å². The SMILES string of the molecule is O=C1C[N@+](O)(CCc2ccccc2)C(=O)N1. The second-order valence-electron chi connectivity index (χ2n) is 3.89. The molecule has 2 rings (SSSR count). The molecule has 1 saturated heterocycles. The van der Waals surface area contributed by atoms with Crippen LogP contribution >= 0.6 is 0 Å². The first-order valence-electron chi connectivity index (χ1n) is 5.08. The number of imide groups is 1. The summed E-state index contributed by atoms with van der Waals surface area (Å²) in [6.45, 7) is 0.0211. The van der Waals surface area contributed by atoms with E-state index in [1.54, 1.807) is 0 Å². The third-order valence-corrected chi connectivity index (χ3v) is 2.64. The van der Waals surface area contributed by atoms with E-state index in [2.05, 4.69) is 5.32 Å². The highest BCUT2D eigenvalue weighted by Gasteiger charge is 2.45. The Balaban J connectivity index is 2.00.